The molecule has 2 aromatic carbocycles. The molecule has 0 fully saturated rings. The van der Waals surface area contributed by atoms with Crippen LogP contribution in [0.25, 0.3) is 11.1 Å². The molecule has 1 aliphatic heterocycles. The van der Waals surface area contributed by atoms with Gasteiger partial charge in [-0.15, -0.1) is 0 Å². The van der Waals surface area contributed by atoms with Crippen LogP contribution in [-0.2, 0) is 24.1 Å². The van der Waals surface area contributed by atoms with Gasteiger partial charge >= 0.3 is 18.0 Å². The van der Waals surface area contributed by atoms with Gasteiger partial charge in [0, 0.05) is 4.98 Å². The topological polar surface area (TPSA) is 79.4 Å². The molecule has 1 atom stereocenters. The van der Waals surface area contributed by atoms with Crippen molar-refractivity contribution >= 4 is 5.82 Å². The molecule has 1 aromatic heterocycles. The quantitative estimate of drug-likeness (QED) is 0.451. The van der Waals surface area contributed by atoms with Gasteiger partial charge in [0.2, 0.25) is 0 Å². The fourth-order valence-electron chi connectivity index (χ4n) is 3.12. The third-order valence-corrected chi connectivity index (χ3v) is 4.70. The van der Waals surface area contributed by atoms with E-state index in [1.165, 1.54) is 18.3 Å². The Morgan fingerprint density at radius 2 is 1.77 bits per heavy atom. The summed E-state index contributed by atoms with van der Waals surface area (Å²) in [5, 5.41) is 10.8. The molecule has 4 rings (SSSR count). The number of hydrogen-bond acceptors (Lipinski definition) is 5. The van der Waals surface area contributed by atoms with Gasteiger partial charge in [0.05, 0.1) is 18.7 Å². The average Bonchev–Trinajstić information content (AvgIpc) is 3.16. The summed E-state index contributed by atoms with van der Waals surface area (Å²) in [6.07, 6.45) is -3.34. The molecular weight excluding hydrogens is 403 g/mol. The summed E-state index contributed by atoms with van der Waals surface area (Å²) in [6.45, 7) is 0.922. The third kappa shape index (κ3) is 4.28. The molecule has 0 radical (unpaired) electrons. The molecule has 7 nitrogen and oxygen atoms in total. The second kappa shape index (κ2) is 7.79. The van der Waals surface area contributed by atoms with Crippen LogP contribution in [-0.4, -0.2) is 27.2 Å². The van der Waals surface area contributed by atoms with Crippen molar-refractivity contribution in [3.05, 3.63) is 76.0 Å². The van der Waals surface area contributed by atoms with Gasteiger partial charge in [-0.2, -0.15) is 13.2 Å². The van der Waals surface area contributed by atoms with E-state index in [4.69, 9.17) is 9.47 Å². The first-order valence-corrected chi connectivity index (χ1v) is 9.02. The van der Waals surface area contributed by atoms with Crippen LogP contribution in [0.15, 0.2) is 54.7 Å². The molecule has 0 saturated heterocycles. The number of alkyl halides is 3. The van der Waals surface area contributed by atoms with E-state index in [0.29, 0.717) is 18.7 Å². The van der Waals surface area contributed by atoms with E-state index in [9.17, 15) is 23.3 Å². The molecule has 156 valence electrons. The van der Waals surface area contributed by atoms with Crippen LogP contribution < -0.4 is 4.74 Å². The van der Waals surface area contributed by atoms with Crippen molar-refractivity contribution in [3.63, 3.8) is 0 Å². The van der Waals surface area contributed by atoms with Crippen molar-refractivity contribution in [1.82, 2.24) is 9.55 Å². The lowest BCUT2D eigenvalue weighted by atomic mass is 10.0. The highest BCUT2D eigenvalue weighted by Gasteiger charge is 2.30. The average molecular weight is 419 g/mol. The second-order valence-electron chi connectivity index (χ2n) is 6.81. The number of fused-ring (bicyclic) bond motifs is 1. The van der Waals surface area contributed by atoms with Crippen LogP contribution in [0.2, 0.25) is 0 Å². The molecule has 0 amide bonds. The van der Waals surface area contributed by atoms with Crippen LogP contribution in [0, 0.1) is 10.1 Å². The van der Waals surface area contributed by atoms with Crippen LogP contribution in [0.3, 0.4) is 0 Å². The molecule has 0 aliphatic carbocycles. The maximum absolute atomic E-state index is 12.7. The standard InChI is InChI=1S/C20H16F3N3O4/c21-20(22,23)16-7-5-15(6-8-16)14-3-1-13(2-4-14)11-29-17-9-25-10-18(26(27)28)24-19(25)30-12-17/h1-8,10,17H,9,11-12H2/t17-/m0/s1. The van der Waals surface area contributed by atoms with Gasteiger partial charge in [-0.05, 0) is 33.7 Å². The van der Waals surface area contributed by atoms with Crippen molar-refractivity contribution in [2.45, 2.75) is 25.4 Å². The summed E-state index contributed by atoms with van der Waals surface area (Å²) < 4.78 is 50.8. The van der Waals surface area contributed by atoms with E-state index in [-0.39, 0.29) is 24.5 Å². The Labute approximate surface area is 168 Å². The molecule has 0 unspecified atom stereocenters. The first-order chi connectivity index (χ1) is 14.3. The smallest absolute Gasteiger partial charge is 0.416 e. The highest BCUT2D eigenvalue weighted by Crippen LogP contribution is 2.31. The van der Waals surface area contributed by atoms with E-state index >= 15 is 0 Å². The third-order valence-electron chi connectivity index (χ3n) is 4.70. The van der Waals surface area contributed by atoms with Crippen molar-refractivity contribution in [2.75, 3.05) is 6.61 Å². The van der Waals surface area contributed by atoms with Gasteiger partial charge in [-0.1, -0.05) is 36.4 Å². The Morgan fingerprint density at radius 1 is 1.13 bits per heavy atom. The number of rotatable bonds is 5. The Kier molecular flexibility index (Phi) is 5.17. The molecule has 0 saturated carbocycles. The van der Waals surface area contributed by atoms with Crippen LogP contribution >= 0.6 is 0 Å². The molecule has 0 spiro atoms. The summed E-state index contributed by atoms with van der Waals surface area (Å²) in [7, 11) is 0. The molecule has 30 heavy (non-hydrogen) atoms. The number of ether oxygens (including phenoxy) is 2. The number of halogens is 3. The molecule has 0 bridgehead atoms. The van der Waals surface area contributed by atoms with Crippen molar-refractivity contribution in [3.8, 4) is 17.1 Å². The number of imidazole rings is 1. The summed E-state index contributed by atoms with van der Waals surface area (Å²) in [5.74, 6) is -0.274. The molecule has 2 heterocycles. The van der Waals surface area contributed by atoms with Gasteiger partial charge < -0.3 is 19.6 Å². The fourth-order valence-corrected chi connectivity index (χ4v) is 3.12. The molecule has 0 N–H and O–H groups in total. The zero-order valence-corrected chi connectivity index (χ0v) is 15.5. The summed E-state index contributed by atoms with van der Waals surface area (Å²) in [4.78, 5) is 14.0. The van der Waals surface area contributed by atoms with E-state index in [1.807, 2.05) is 24.3 Å². The summed E-state index contributed by atoms with van der Waals surface area (Å²) >= 11 is 0. The van der Waals surface area contributed by atoms with Crippen LogP contribution in [0.5, 0.6) is 6.01 Å². The second-order valence-corrected chi connectivity index (χ2v) is 6.81. The van der Waals surface area contributed by atoms with Crippen LogP contribution in [0.1, 0.15) is 11.1 Å². The number of hydrogen-bond donors (Lipinski definition) is 0. The first-order valence-electron chi connectivity index (χ1n) is 9.02. The molecule has 3 aromatic rings. The monoisotopic (exact) mass is 419 g/mol. The van der Waals surface area contributed by atoms with E-state index in [0.717, 1.165) is 23.3 Å². The first kappa shape index (κ1) is 19.9. The minimum atomic E-state index is -4.36. The highest BCUT2D eigenvalue weighted by atomic mass is 19.4. The van der Waals surface area contributed by atoms with Crippen LogP contribution in [0.4, 0.5) is 19.0 Å². The van der Waals surface area contributed by atoms with E-state index in [2.05, 4.69) is 4.98 Å². The van der Waals surface area contributed by atoms with E-state index in [1.54, 1.807) is 4.57 Å². The zero-order chi connectivity index (χ0) is 21.3. The predicted octanol–water partition coefficient (Wildman–Crippen LogP) is 4.45. The Balaban J connectivity index is 1.35. The van der Waals surface area contributed by atoms with Crippen molar-refractivity contribution in [2.24, 2.45) is 0 Å². The summed E-state index contributed by atoms with van der Waals surface area (Å²) in [6, 6.07) is 12.5. The SMILES string of the molecule is O=[N+]([O-])c1cn2c(n1)OC[C@@H](OCc1ccc(-c3ccc(C(F)(F)F)cc3)cc1)C2. The largest absolute Gasteiger partial charge is 0.443 e. The number of aromatic nitrogens is 2. The van der Waals surface area contributed by atoms with Gasteiger partial charge in [0.25, 0.3) is 0 Å². The molecule has 10 heteroatoms. The fraction of sp³-hybridized carbons (Fsp3) is 0.250. The summed E-state index contributed by atoms with van der Waals surface area (Å²) in [5.41, 5.74) is 1.68. The van der Waals surface area contributed by atoms with Gasteiger partial charge in [-0.3, -0.25) is 4.57 Å². The highest BCUT2D eigenvalue weighted by molar-refractivity contribution is 5.64. The van der Waals surface area contributed by atoms with Gasteiger partial charge in [0.15, 0.2) is 0 Å². The predicted molar refractivity (Wildman–Crippen MR) is 99.8 cm³/mol. The Bertz CT molecular complexity index is 1050. The maximum atomic E-state index is 12.7. The lowest BCUT2D eigenvalue weighted by Gasteiger charge is -2.22. The van der Waals surface area contributed by atoms with Gasteiger partial charge in [-0.25, -0.2) is 0 Å². The van der Waals surface area contributed by atoms with E-state index < -0.39 is 16.7 Å². The number of nitro groups is 1. The maximum Gasteiger partial charge on any atom is 0.416 e. The Hall–Kier alpha value is -3.40. The lowest BCUT2D eigenvalue weighted by Crippen LogP contribution is -2.32. The Morgan fingerprint density at radius 3 is 2.37 bits per heavy atom. The van der Waals surface area contributed by atoms with Crippen molar-refractivity contribution in [1.29, 1.82) is 0 Å². The molecule has 1 aliphatic rings. The zero-order valence-electron chi connectivity index (χ0n) is 15.5. The molecular formula is C20H16F3N3O4. The number of benzene rings is 2. The van der Waals surface area contributed by atoms with Gasteiger partial charge in [0.1, 0.15) is 18.9 Å². The lowest BCUT2D eigenvalue weighted by molar-refractivity contribution is -0.389. The van der Waals surface area contributed by atoms with Crippen molar-refractivity contribution < 1.29 is 27.6 Å². The minimum absolute atomic E-state index is 0.197. The normalized spacial score (nSPS) is 16.0. The number of nitrogens with zero attached hydrogens (tertiary/aromatic N) is 3. The minimum Gasteiger partial charge on any atom is -0.443 e.